The standard InChI is InChI=1S/C18H15FN2O2/c1-21(18(23)12-6-8-15(19)9-7-12)11-14-10-13-4-2-3-5-16(13)20-17(14)22/h2-10H,11H2,1H3,(H,20,22). The summed E-state index contributed by atoms with van der Waals surface area (Å²) in [5.41, 5.74) is 1.42. The minimum absolute atomic E-state index is 0.177. The van der Waals surface area contributed by atoms with E-state index in [2.05, 4.69) is 4.98 Å². The third-order valence-electron chi connectivity index (χ3n) is 3.68. The van der Waals surface area contributed by atoms with Gasteiger partial charge in [0.1, 0.15) is 5.82 Å². The molecule has 1 aromatic heterocycles. The SMILES string of the molecule is CN(Cc1cc2ccccc2[nH]c1=O)C(=O)c1ccc(F)cc1. The first-order chi connectivity index (χ1) is 11.0. The van der Waals surface area contributed by atoms with Gasteiger partial charge in [-0.2, -0.15) is 0 Å². The second-order valence-corrected chi connectivity index (χ2v) is 5.38. The minimum atomic E-state index is -0.393. The average Bonchev–Trinajstić information content (AvgIpc) is 2.55. The van der Waals surface area contributed by atoms with E-state index in [1.807, 2.05) is 24.3 Å². The summed E-state index contributed by atoms with van der Waals surface area (Å²) in [5, 5.41) is 0.907. The summed E-state index contributed by atoms with van der Waals surface area (Å²) in [7, 11) is 1.61. The number of rotatable bonds is 3. The molecule has 1 heterocycles. The summed E-state index contributed by atoms with van der Waals surface area (Å²) < 4.78 is 12.9. The zero-order chi connectivity index (χ0) is 16.4. The van der Waals surface area contributed by atoms with Crippen LogP contribution in [0.3, 0.4) is 0 Å². The number of aromatic nitrogens is 1. The first-order valence-electron chi connectivity index (χ1n) is 7.16. The van der Waals surface area contributed by atoms with Crippen molar-refractivity contribution in [1.29, 1.82) is 0 Å². The number of para-hydroxylation sites is 1. The van der Waals surface area contributed by atoms with Crippen LogP contribution in [-0.2, 0) is 6.54 Å². The maximum atomic E-state index is 12.9. The van der Waals surface area contributed by atoms with Gasteiger partial charge in [-0.25, -0.2) is 4.39 Å². The summed E-state index contributed by atoms with van der Waals surface area (Å²) in [5.74, 6) is -0.660. The highest BCUT2D eigenvalue weighted by molar-refractivity contribution is 5.94. The number of fused-ring (bicyclic) bond motifs is 1. The smallest absolute Gasteiger partial charge is 0.253 e. The van der Waals surface area contributed by atoms with Crippen LogP contribution in [0.2, 0.25) is 0 Å². The van der Waals surface area contributed by atoms with Crippen LogP contribution in [0, 0.1) is 5.82 Å². The first-order valence-corrected chi connectivity index (χ1v) is 7.16. The number of halogens is 1. The third kappa shape index (κ3) is 3.13. The summed E-state index contributed by atoms with van der Waals surface area (Å²) in [6, 6.07) is 14.6. The molecule has 0 atom stereocenters. The zero-order valence-electron chi connectivity index (χ0n) is 12.5. The predicted molar refractivity (Wildman–Crippen MR) is 86.8 cm³/mol. The molecule has 1 amide bonds. The molecule has 23 heavy (non-hydrogen) atoms. The number of nitrogens with zero attached hydrogens (tertiary/aromatic N) is 1. The molecule has 3 aromatic rings. The van der Waals surface area contributed by atoms with E-state index >= 15 is 0 Å². The number of aromatic amines is 1. The van der Waals surface area contributed by atoms with Crippen LogP contribution >= 0.6 is 0 Å². The highest BCUT2D eigenvalue weighted by Gasteiger charge is 2.14. The van der Waals surface area contributed by atoms with Gasteiger partial charge in [0.15, 0.2) is 0 Å². The van der Waals surface area contributed by atoms with Gasteiger partial charge in [0, 0.05) is 23.7 Å². The fourth-order valence-corrected chi connectivity index (χ4v) is 2.45. The van der Waals surface area contributed by atoms with Crippen LogP contribution in [0.1, 0.15) is 15.9 Å². The van der Waals surface area contributed by atoms with Gasteiger partial charge in [-0.1, -0.05) is 18.2 Å². The molecule has 1 N–H and O–H groups in total. The maximum Gasteiger partial charge on any atom is 0.253 e. The van der Waals surface area contributed by atoms with E-state index in [0.29, 0.717) is 11.1 Å². The van der Waals surface area contributed by atoms with Crippen molar-refractivity contribution in [3.8, 4) is 0 Å². The Hall–Kier alpha value is -2.95. The van der Waals surface area contributed by atoms with Crippen molar-refractivity contribution < 1.29 is 9.18 Å². The number of hydrogen-bond acceptors (Lipinski definition) is 2. The Kier molecular flexibility index (Phi) is 3.93. The van der Waals surface area contributed by atoms with Crippen molar-refractivity contribution in [2.75, 3.05) is 7.05 Å². The molecular formula is C18H15FN2O2. The fraction of sp³-hybridized carbons (Fsp3) is 0.111. The number of carbonyl (C=O) groups is 1. The fourth-order valence-electron chi connectivity index (χ4n) is 2.45. The van der Waals surface area contributed by atoms with Gasteiger partial charge in [0.2, 0.25) is 0 Å². The van der Waals surface area contributed by atoms with Gasteiger partial charge < -0.3 is 9.88 Å². The summed E-state index contributed by atoms with van der Waals surface area (Å²) in [6.45, 7) is 0.177. The predicted octanol–water partition coefficient (Wildman–Crippen LogP) is 2.94. The molecule has 0 aliphatic carbocycles. The summed E-state index contributed by atoms with van der Waals surface area (Å²) in [6.07, 6.45) is 0. The van der Waals surface area contributed by atoms with Gasteiger partial charge in [-0.15, -0.1) is 0 Å². The van der Waals surface area contributed by atoms with Crippen LogP contribution in [0.15, 0.2) is 59.4 Å². The number of carbonyl (C=O) groups excluding carboxylic acids is 1. The molecule has 5 heteroatoms. The lowest BCUT2D eigenvalue weighted by molar-refractivity contribution is 0.0784. The molecule has 0 aliphatic heterocycles. The monoisotopic (exact) mass is 310 g/mol. The van der Waals surface area contributed by atoms with Gasteiger partial charge >= 0.3 is 0 Å². The molecule has 2 aromatic carbocycles. The number of benzene rings is 2. The molecule has 0 radical (unpaired) electrons. The lowest BCUT2D eigenvalue weighted by Gasteiger charge is -2.17. The molecule has 3 rings (SSSR count). The molecule has 0 saturated heterocycles. The van der Waals surface area contributed by atoms with E-state index in [1.165, 1.54) is 29.2 Å². The number of nitrogens with one attached hydrogen (secondary N) is 1. The lowest BCUT2D eigenvalue weighted by Crippen LogP contribution is -2.29. The molecule has 116 valence electrons. The van der Waals surface area contributed by atoms with Crippen molar-refractivity contribution in [2.24, 2.45) is 0 Å². The van der Waals surface area contributed by atoms with Crippen LogP contribution in [0.4, 0.5) is 4.39 Å². The van der Waals surface area contributed by atoms with Gasteiger partial charge in [0.25, 0.3) is 11.5 Å². The lowest BCUT2D eigenvalue weighted by atomic mass is 10.1. The first kappa shape index (κ1) is 15.0. The highest BCUT2D eigenvalue weighted by Crippen LogP contribution is 2.12. The van der Waals surface area contributed by atoms with Crippen LogP contribution in [0.5, 0.6) is 0 Å². The van der Waals surface area contributed by atoms with E-state index in [9.17, 15) is 14.0 Å². The van der Waals surface area contributed by atoms with Crippen LogP contribution in [-0.4, -0.2) is 22.8 Å². The summed E-state index contributed by atoms with van der Waals surface area (Å²) >= 11 is 0. The van der Waals surface area contributed by atoms with Gasteiger partial charge in [-0.05, 0) is 41.8 Å². The van der Waals surface area contributed by atoms with Crippen molar-refractivity contribution >= 4 is 16.8 Å². The largest absolute Gasteiger partial charge is 0.337 e. The number of amides is 1. The minimum Gasteiger partial charge on any atom is -0.337 e. The summed E-state index contributed by atoms with van der Waals surface area (Å²) in [4.78, 5) is 28.7. The number of pyridine rings is 1. The molecule has 0 spiro atoms. The van der Waals surface area contributed by atoms with Crippen molar-refractivity contribution in [2.45, 2.75) is 6.54 Å². The Morgan fingerprint density at radius 3 is 2.57 bits per heavy atom. The second kappa shape index (κ2) is 6.04. The molecule has 4 nitrogen and oxygen atoms in total. The zero-order valence-corrected chi connectivity index (χ0v) is 12.5. The second-order valence-electron chi connectivity index (χ2n) is 5.38. The number of H-pyrrole nitrogens is 1. The van der Waals surface area contributed by atoms with Gasteiger partial charge in [0.05, 0.1) is 6.54 Å². The topological polar surface area (TPSA) is 53.2 Å². The van der Waals surface area contributed by atoms with E-state index in [-0.39, 0.29) is 18.0 Å². The maximum absolute atomic E-state index is 12.9. The highest BCUT2D eigenvalue weighted by atomic mass is 19.1. The Labute approximate surface area is 132 Å². The Morgan fingerprint density at radius 1 is 1.13 bits per heavy atom. The number of hydrogen-bond donors (Lipinski definition) is 1. The van der Waals surface area contributed by atoms with Crippen molar-refractivity contribution in [3.05, 3.63) is 81.9 Å². The van der Waals surface area contributed by atoms with Crippen LogP contribution in [0.25, 0.3) is 10.9 Å². The van der Waals surface area contributed by atoms with E-state index in [0.717, 1.165) is 10.9 Å². The molecule has 0 unspecified atom stereocenters. The molecule has 0 aliphatic rings. The van der Waals surface area contributed by atoms with E-state index in [4.69, 9.17) is 0 Å². The molecule has 0 saturated carbocycles. The molecule has 0 fully saturated rings. The molecular weight excluding hydrogens is 295 g/mol. The molecule has 0 bridgehead atoms. The van der Waals surface area contributed by atoms with E-state index in [1.54, 1.807) is 13.1 Å². The quantitative estimate of drug-likeness (QED) is 0.808. The Balaban J connectivity index is 1.86. The van der Waals surface area contributed by atoms with Crippen LogP contribution < -0.4 is 5.56 Å². The Bertz CT molecular complexity index is 916. The van der Waals surface area contributed by atoms with Gasteiger partial charge in [-0.3, -0.25) is 9.59 Å². The van der Waals surface area contributed by atoms with Crippen molar-refractivity contribution in [1.82, 2.24) is 9.88 Å². The normalized spacial score (nSPS) is 10.7. The van der Waals surface area contributed by atoms with E-state index < -0.39 is 5.82 Å². The third-order valence-corrected chi connectivity index (χ3v) is 3.68. The van der Waals surface area contributed by atoms with Crippen molar-refractivity contribution in [3.63, 3.8) is 0 Å². The average molecular weight is 310 g/mol. The Morgan fingerprint density at radius 2 is 1.83 bits per heavy atom.